The number of hydrogen-bond acceptors (Lipinski definition) is 3. The van der Waals surface area contributed by atoms with Crippen LogP contribution in [0.15, 0.2) is 39.6 Å². The van der Waals surface area contributed by atoms with Gasteiger partial charge in [-0.2, -0.15) is 5.10 Å². The molecule has 1 aliphatic rings. The minimum absolute atomic E-state index is 0.0708. The van der Waals surface area contributed by atoms with Crippen molar-refractivity contribution in [3.8, 4) is 0 Å². The SMILES string of the molecule is O=C(Cn1nc2c(cc1=O)CCCCC2)Nc1cccc(Br)c1. The molecular weight excluding hydrogens is 358 g/mol. The summed E-state index contributed by atoms with van der Waals surface area (Å²) in [4.78, 5) is 24.3. The predicted octanol–water partition coefficient (Wildman–Crippen LogP) is 2.91. The van der Waals surface area contributed by atoms with Gasteiger partial charge in [0, 0.05) is 16.2 Å². The average molecular weight is 376 g/mol. The van der Waals surface area contributed by atoms with E-state index in [0.29, 0.717) is 5.69 Å². The summed E-state index contributed by atoms with van der Waals surface area (Å²) in [6, 6.07) is 8.97. The molecule has 0 aliphatic heterocycles. The first kappa shape index (κ1) is 15.9. The minimum Gasteiger partial charge on any atom is -0.324 e. The largest absolute Gasteiger partial charge is 0.324 e. The van der Waals surface area contributed by atoms with Gasteiger partial charge in [-0.3, -0.25) is 9.59 Å². The van der Waals surface area contributed by atoms with E-state index in [2.05, 4.69) is 26.3 Å². The first-order valence-electron chi connectivity index (χ1n) is 7.77. The molecule has 3 rings (SSSR count). The molecule has 0 atom stereocenters. The fraction of sp³-hybridized carbons (Fsp3) is 0.353. The Morgan fingerprint density at radius 2 is 2.04 bits per heavy atom. The lowest BCUT2D eigenvalue weighted by atomic mass is 10.1. The zero-order chi connectivity index (χ0) is 16.2. The second-order valence-corrected chi connectivity index (χ2v) is 6.65. The molecule has 1 aromatic carbocycles. The lowest BCUT2D eigenvalue weighted by molar-refractivity contribution is -0.117. The Hall–Kier alpha value is -1.95. The first-order chi connectivity index (χ1) is 11.1. The molecule has 1 aliphatic carbocycles. The monoisotopic (exact) mass is 375 g/mol. The van der Waals surface area contributed by atoms with E-state index < -0.39 is 0 Å². The van der Waals surface area contributed by atoms with E-state index in [1.807, 2.05) is 18.2 Å². The molecular formula is C17H18BrN3O2. The molecule has 23 heavy (non-hydrogen) atoms. The van der Waals surface area contributed by atoms with Crippen LogP contribution in [0.1, 0.15) is 30.5 Å². The Kier molecular flexibility index (Phi) is 4.91. The number of nitrogens with zero attached hydrogens (tertiary/aromatic N) is 2. The highest BCUT2D eigenvalue weighted by atomic mass is 79.9. The lowest BCUT2D eigenvalue weighted by Gasteiger charge is -2.10. The van der Waals surface area contributed by atoms with Crippen LogP contribution in [0, 0.1) is 0 Å². The molecule has 0 saturated heterocycles. The van der Waals surface area contributed by atoms with Gasteiger partial charge in [0.05, 0.1) is 5.69 Å². The number of rotatable bonds is 3. The van der Waals surface area contributed by atoms with Gasteiger partial charge < -0.3 is 5.32 Å². The van der Waals surface area contributed by atoms with E-state index in [9.17, 15) is 9.59 Å². The standard InChI is InChI=1S/C17H18BrN3O2/c18-13-6-4-7-14(10-13)19-16(22)11-21-17(23)9-12-5-2-1-3-8-15(12)20-21/h4,6-7,9-10H,1-3,5,8,11H2,(H,19,22). The summed E-state index contributed by atoms with van der Waals surface area (Å²) in [6.07, 6.45) is 5.13. The van der Waals surface area contributed by atoms with Crippen molar-refractivity contribution in [2.45, 2.75) is 38.6 Å². The Labute approximate surface area is 142 Å². The van der Waals surface area contributed by atoms with Gasteiger partial charge in [-0.15, -0.1) is 0 Å². The van der Waals surface area contributed by atoms with E-state index in [1.54, 1.807) is 12.1 Å². The Bertz CT molecular complexity index is 786. The highest BCUT2D eigenvalue weighted by molar-refractivity contribution is 9.10. The summed E-state index contributed by atoms with van der Waals surface area (Å²) in [5, 5.41) is 7.19. The maximum absolute atomic E-state index is 12.2. The van der Waals surface area contributed by atoms with E-state index in [1.165, 1.54) is 4.68 Å². The maximum atomic E-state index is 12.2. The Morgan fingerprint density at radius 3 is 2.87 bits per heavy atom. The van der Waals surface area contributed by atoms with Crippen molar-refractivity contribution in [1.29, 1.82) is 0 Å². The van der Waals surface area contributed by atoms with Crippen LogP contribution in [0.5, 0.6) is 0 Å². The van der Waals surface area contributed by atoms with Crippen LogP contribution < -0.4 is 10.9 Å². The van der Waals surface area contributed by atoms with E-state index in [0.717, 1.165) is 47.8 Å². The number of fused-ring (bicyclic) bond motifs is 1. The summed E-state index contributed by atoms with van der Waals surface area (Å²) < 4.78 is 2.15. The zero-order valence-corrected chi connectivity index (χ0v) is 14.3. The normalized spacial score (nSPS) is 14.0. The molecule has 1 N–H and O–H groups in total. The van der Waals surface area contributed by atoms with Crippen LogP contribution in [0.25, 0.3) is 0 Å². The third kappa shape index (κ3) is 4.07. The molecule has 0 saturated carbocycles. The molecule has 1 aromatic heterocycles. The number of carbonyl (C=O) groups is 1. The quantitative estimate of drug-likeness (QED) is 0.838. The predicted molar refractivity (Wildman–Crippen MR) is 92.5 cm³/mol. The molecule has 120 valence electrons. The van der Waals surface area contributed by atoms with Crippen molar-refractivity contribution >= 4 is 27.5 Å². The fourth-order valence-electron chi connectivity index (χ4n) is 2.79. The number of halogens is 1. The number of anilines is 1. The Morgan fingerprint density at radius 1 is 1.22 bits per heavy atom. The van der Waals surface area contributed by atoms with Gasteiger partial charge in [0.15, 0.2) is 0 Å². The molecule has 0 fully saturated rings. The van der Waals surface area contributed by atoms with Gasteiger partial charge >= 0.3 is 0 Å². The third-order valence-corrected chi connectivity index (χ3v) is 4.42. The molecule has 6 heteroatoms. The van der Waals surface area contributed by atoms with E-state index >= 15 is 0 Å². The van der Waals surface area contributed by atoms with Crippen molar-refractivity contribution in [3.63, 3.8) is 0 Å². The summed E-state index contributed by atoms with van der Waals surface area (Å²) in [7, 11) is 0. The smallest absolute Gasteiger partial charge is 0.267 e. The highest BCUT2D eigenvalue weighted by Crippen LogP contribution is 2.17. The summed E-state index contributed by atoms with van der Waals surface area (Å²) >= 11 is 3.36. The molecule has 5 nitrogen and oxygen atoms in total. The summed E-state index contributed by atoms with van der Waals surface area (Å²) in [6.45, 7) is -0.0708. The van der Waals surface area contributed by atoms with Gasteiger partial charge in [0.2, 0.25) is 5.91 Å². The molecule has 1 amide bonds. The number of carbonyl (C=O) groups excluding carboxylic acids is 1. The van der Waals surface area contributed by atoms with E-state index in [4.69, 9.17) is 0 Å². The average Bonchev–Trinajstić information content (AvgIpc) is 2.72. The van der Waals surface area contributed by atoms with Crippen molar-refractivity contribution in [2.24, 2.45) is 0 Å². The molecule has 0 unspecified atom stereocenters. The van der Waals surface area contributed by atoms with Crippen LogP contribution >= 0.6 is 15.9 Å². The van der Waals surface area contributed by atoms with E-state index in [-0.39, 0.29) is 18.0 Å². The second-order valence-electron chi connectivity index (χ2n) is 5.73. The maximum Gasteiger partial charge on any atom is 0.267 e. The number of hydrogen-bond donors (Lipinski definition) is 1. The van der Waals surface area contributed by atoms with Gasteiger partial charge in [0.25, 0.3) is 5.56 Å². The second kappa shape index (κ2) is 7.08. The van der Waals surface area contributed by atoms with Crippen LogP contribution in [0.2, 0.25) is 0 Å². The minimum atomic E-state index is -0.258. The van der Waals surface area contributed by atoms with Gasteiger partial charge in [0.1, 0.15) is 6.54 Å². The van der Waals surface area contributed by atoms with Crippen LogP contribution in [0.3, 0.4) is 0 Å². The number of amides is 1. The molecule has 0 radical (unpaired) electrons. The molecule has 0 spiro atoms. The zero-order valence-electron chi connectivity index (χ0n) is 12.7. The van der Waals surface area contributed by atoms with Gasteiger partial charge in [-0.25, -0.2) is 4.68 Å². The summed E-state index contributed by atoms with van der Waals surface area (Å²) in [5.41, 5.74) is 2.47. The van der Waals surface area contributed by atoms with Gasteiger partial charge in [-0.05, 0) is 49.4 Å². The van der Waals surface area contributed by atoms with Gasteiger partial charge in [-0.1, -0.05) is 28.4 Å². The third-order valence-electron chi connectivity index (χ3n) is 3.93. The number of nitrogens with one attached hydrogen (secondary N) is 1. The van der Waals surface area contributed by atoms with Crippen LogP contribution in [0.4, 0.5) is 5.69 Å². The Balaban J connectivity index is 1.76. The molecule has 1 heterocycles. The number of aromatic nitrogens is 2. The molecule has 0 bridgehead atoms. The highest BCUT2D eigenvalue weighted by Gasteiger charge is 2.14. The van der Waals surface area contributed by atoms with Crippen LogP contribution in [-0.2, 0) is 24.2 Å². The fourth-order valence-corrected chi connectivity index (χ4v) is 3.19. The van der Waals surface area contributed by atoms with Crippen molar-refractivity contribution in [3.05, 3.63) is 56.4 Å². The number of aryl methyl sites for hydroxylation is 2. The van der Waals surface area contributed by atoms with Crippen molar-refractivity contribution in [1.82, 2.24) is 9.78 Å². The lowest BCUT2D eigenvalue weighted by Crippen LogP contribution is -2.30. The van der Waals surface area contributed by atoms with Crippen LogP contribution in [-0.4, -0.2) is 15.7 Å². The summed E-state index contributed by atoms with van der Waals surface area (Å²) in [5.74, 6) is -0.258. The van der Waals surface area contributed by atoms with Crippen molar-refractivity contribution in [2.75, 3.05) is 5.32 Å². The number of benzene rings is 1. The molecule has 2 aromatic rings. The topological polar surface area (TPSA) is 64.0 Å². The first-order valence-corrected chi connectivity index (χ1v) is 8.56. The van der Waals surface area contributed by atoms with Crippen molar-refractivity contribution < 1.29 is 4.79 Å².